The molecule has 1 aliphatic heterocycles. The number of benzene rings is 2. The lowest BCUT2D eigenvalue weighted by atomic mass is 9.78. The van der Waals surface area contributed by atoms with Crippen LogP contribution < -0.4 is 14.8 Å². The Morgan fingerprint density at radius 1 is 1.07 bits per heavy atom. The fraction of sp³-hybridized carbons (Fsp3) is 0.273. The molecule has 0 unspecified atom stereocenters. The highest BCUT2D eigenvalue weighted by Gasteiger charge is 2.40. The Labute approximate surface area is 173 Å². The van der Waals surface area contributed by atoms with Gasteiger partial charge in [-0.2, -0.15) is 4.68 Å². The topological polar surface area (TPSA) is 91.2 Å². The minimum atomic E-state index is -0.486. The van der Waals surface area contributed by atoms with Gasteiger partial charge in [0.25, 0.3) is 0 Å². The monoisotopic (exact) mass is 403 g/mol. The lowest BCUT2D eigenvalue weighted by molar-refractivity contribution is -0.116. The summed E-state index contributed by atoms with van der Waals surface area (Å²) in [6.45, 7) is 0. The van der Waals surface area contributed by atoms with Crippen molar-refractivity contribution in [3.8, 4) is 11.5 Å². The van der Waals surface area contributed by atoms with E-state index in [4.69, 9.17) is 9.47 Å². The molecule has 0 amide bonds. The van der Waals surface area contributed by atoms with Gasteiger partial charge in [0.05, 0.1) is 14.2 Å². The van der Waals surface area contributed by atoms with Gasteiger partial charge in [-0.25, -0.2) is 0 Å². The molecule has 2 heterocycles. The molecule has 0 saturated heterocycles. The summed E-state index contributed by atoms with van der Waals surface area (Å²) in [6, 6.07) is 15.2. The fourth-order valence-corrected chi connectivity index (χ4v) is 4.37. The fourth-order valence-electron chi connectivity index (χ4n) is 4.37. The highest BCUT2D eigenvalue weighted by Crippen LogP contribution is 2.46. The van der Waals surface area contributed by atoms with Crippen molar-refractivity contribution in [3.05, 3.63) is 70.9 Å². The highest BCUT2D eigenvalue weighted by molar-refractivity contribution is 6.00. The first-order valence-electron chi connectivity index (χ1n) is 9.77. The number of carbonyl (C=O) groups excluding carboxylic acids is 1. The number of hydrogen-bond acceptors (Lipinski definition) is 7. The number of nitrogens with zero attached hydrogens (tertiary/aromatic N) is 4. The number of hydrogen-bond donors (Lipinski definition) is 1. The summed E-state index contributed by atoms with van der Waals surface area (Å²) in [5.74, 6) is 2.01. The van der Waals surface area contributed by atoms with Crippen LogP contribution in [0.15, 0.2) is 59.8 Å². The molecule has 30 heavy (non-hydrogen) atoms. The third-order valence-corrected chi connectivity index (χ3v) is 5.78. The molecule has 152 valence electrons. The van der Waals surface area contributed by atoms with Crippen molar-refractivity contribution in [2.75, 3.05) is 19.5 Å². The zero-order chi connectivity index (χ0) is 20.7. The van der Waals surface area contributed by atoms with Crippen molar-refractivity contribution in [1.29, 1.82) is 0 Å². The van der Waals surface area contributed by atoms with Crippen molar-refractivity contribution >= 4 is 11.7 Å². The maximum Gasteiger partial charge on any atom is 0.248 e. The van der Waals surface area contributed by atoms with E-state index in [0.29, 0.717) is 35.9 Å². The number of Topliss-reactive ketones (excluding diaryl/α,β-unsaturated/α-hetero) is 1. The van der Waals surface area contributed by atoms with Crippen LogP contribution in [0.3, 0.4) is 0 Å². The molecule has 0 fully saturated rings. The number of allylic oxidation sites excluding steroid dienone is 2. The van der Waals surface area contributed by atoms with Crippen molar-refractivity contribution in [1.82, 2.24) is 20.2 Å². The average Bonchev–Trinajstić information content (AvgIpc) is 3.26. The van der Waals surface area contributed by atoms with E-state index in [0.717, 1.165) is 16.8 Å². The molecule has 1 aliphatic carbocycles. The lowest BCUT2D eigenvalue weighted by Crippen LogP contribution is -2.33. The smallest absolute Gasteiger partial charge is 0.248 e. The summed E-state index contributed by atoms with van der Waals surface area (Å²) in [4.78, 5) is 13.4. The predicted octanol–water partition coefficient (Wildman–Crippen LogP) is 3.11. The van der Waals surface area contributed by atoms with Crippen LogP contribution >= 0.6 is 0 Å². The van der Waals surface area contributed by atoms with E-state index in [9.17, 15) is 4.79 Å². The molecule has 1 aromatic heterocycles. The molecule has 0 radical (unpaired) electrons. The minimum Gasteiger partial charge on any atom is -0.497 e. The first-order chi connectivity index (χ1) is 14.7. The molecule has 0 bridgehead atoms. The van der Waals surface area contributed by atoms with Gasteiger partial charge >= 0.3 is 0 Å². The van der Waals surface area contributed by atoms with Gasteiger partial charge in [0.15, 0.2) is 5.78 Å². The van der Waals surface area contributed by atoms with Gasteiger partial charge in [-0.3, -0.25) is 4.79 Å². The van der Waals surface area contributed by atoms with E-state index in [2.05, 4.69) is 33.0 Å². The van der Waals surface area contributed by atoms with Gasteiger partial charge in [-0.05, 0) is 46.5 Å². The number of carbonyl (C=O) groups is 1. The highest BCUT2D eigenvalue weighted by atomic mass is 16.5. The molecule has 2 aliphatic rings. The largest absolute Gasteiger partial charge is 0.497 e. The molecule has 8 heteroatoms. The van der Waals surface area contributed by atoms with Crippen LogP contribution in [0.4, 0.5) is 5.95 Å². The lowest BCUT2D eigenvalue weighted by Gasteiger charge is -2.35. The predicted molar refractivity (Wildman–Crippen MR) is 110 cm³/mol. The zero-order valence-corrected chi connectivity index (χ0v) is 16.7. The van der Waals surface area contributed by atoms with Crippen molar-refractivity contribution in [3.63, 3.8) is 0 Å². The second-order valence-corrected chi connectivity index (χ2v) is 7.41. The van der Waals surface area contributed by atoms with Crippen LogP contribution in [0.25, 0.3) is 0 Å². The Morgan fingerprint density at radius 2 is 1.90 bits per heavy atom. The van der Waals surface area contributed by atoms with E-state index in [1.807, 2.05) is 36.4 Å². The van der Waals surface area contributed by atoms with E-state index in [-0.39, 0.29) is 11.7 Å². The van der Waals surface area contributed by atoms with E-state index in [1.54, 1.807) is 18.9 Å². The number of fused-ring (bicyclic) bond motifs is 1. The number of ether oxygens (including phenoxy) is 2. The Hall–Kier alpha value is -3.68. The van der Waals surface area contributed by atoms with Crippen molar-refractivity contribution in [2.45, 2.75) is 24.8 Å². The Kier molecular flexibility index (Phi) is 4.46. The summed E-state index contributed by atoms with van der Waals surface area (Å²) < 4.78 is 12.7. The van der Waals surface area contributed by atoms with Crippen molar-refractivity contribution in [2.24, 2.45) is 0 Å². The summed E-state index contributed by atoms with van der Waals surface area (Å²) in [5, 5.41) is 15.4. The van der Waals surface area contributed by atoms with Crippen LogP contribution in [0.2, 0.25) is 0 Å². The maximum absolute atomic E-state index is 13.4. The van der Waals surface area contributed by atoms with Crippen LogP contribution in [-0.4, -0.2) is 40.2 Å². The minimum absolute atomic E-state index is 0.0774. The molecule has 1 N–H and O–H groups in total. The van der Waals surface area contributed by atoms with Gasteiger partial charge in [0.1, 0.15) is 17.5 Å². The average molecular weight is 403 g/mol. The van der Waals surface area contributed by atoms with Gasteiger partial charge in [0, 0.05) is 23.3 Å². The third kappa shape index (κ3) is 2.92. The van der Waals surface area contributed by atoms with Crippen LogP contribution in [-0.2, 0) is 4.79 Å². The maximum atomic E-state index is 13.4. The number of rotatable bonds is 4. The molecule has 3 aromatic rings. The summed E-state index contributed by atoms with van der Waals surface area (Å²) in [6.07, 6.45) is 1.14. The molecular weight excluding hydrogens is 382 g/mol. The molecular formula is C22H21N5O3. The summed E-state index contributed by atoms with van der Waals surface area (Å²) in [7, 11) is 3.22. The molecule has 2 aromatic carbocycles. The molecule has 5 rings (SSSR count). The SMILES string of the molecule is COc1ccc(OC)c([C@@H]2C3=C(C[C@@H](c4ccccc4)CC3=O)Nc3nnnn32)c1. The van der Waals surface area contributed by atoms with Gasteiger partial charge in [-0.1, -0.05) is 35.4 Å². The number of methoxy groups -OCH3 is 2. The standard InChI is InChI=1S/C22H21N5O3/c1-29-15-8-9-19(30-2)16(12-15)21-20-17(23-22-24-25-26-27(21)22)10-14(11-18(20)28)13-6-4-3-5-7-13/h3-9,12,14,21H,10-11H2,1-2H3,(H,23,24,26)/t14-,21-/m1/s1. The number of aromatic nitrogens is 4. The summed E-state index contributed by atoms with van der Waals surface area (Å²) >= 11 is 0. The van der Waals surface area contributed by atoms with Gasteiger partial charge in [-0.15, -0.1) is 0 Å². The first kappa shape index (κ1) is 18.4. The third-order valence-electron chi connectivity index (χ3n) is 5.78. The van der Waals surface area contributed by atoms with Crippen molar-refractivity contribution < 1.29 is 14.3 Å². The Bertz CT molecular complexity index is 1140. The molecule has 0 spiro atoms. The first-order valence-corrected chi connectivity index (χ1v) is 9.77. The Balaban J connectivity index is 1.65. The number of nitrogens with one attached hydrogen (secondary N) is 1. The van der Waals surface area contributed by atoms with Crippen LogP contribution in [0.1, 0.15) is 35.9 Å². The quantitative estimate of drug-likeness (QED) is 0.716. The Morgan fingerprint density at radius 3 is 2.67 bits per heavy atom. The van der Waals surface area contributed by atoms with Gasteiger partial charge < -0.3 is 14.8 Å². The molecule has 2 atom stereocenters. The molecule has 0 saturated carbocycles. The summed E-state index contributed by atoms with van der Waals surface area (Å²) in [5.41, 5.74) is 3.47. The van der Waals surface area contributed by atoms with E-state index in [1.165, 1.54) is 0 Å². The van der Waals surface area contributed by atoms with Crippen LogP contribution in [0.5, 0.6) is 11.5 Å². The number of anilines is 1. The second-order valence-electron chi connectivity index (χ2n) is 7.41. The second kappa shape index (κ2) is 7.29. The van der Waals surface area contributed by atoms with E-state index >= 15 is 0 Å². The normalized spacial score (nSPS) is 20.3. The molecule has 8 nitrogen and oxygen atoms in total. The van der Waals surface area contributed by atoms with E-state index < -0.39 is 6.04 Å². The number of ketones is 1. The van der Waals surface area contributed by atoms with Crippen LogP contribution in [0, 0.1) is 0 Å². The van der Waals surface area contributed by atoms with Gasteiger partial charge in [0.2, 0.25) is 5.95 Å². The number of tetrazole rings is 1. The zero-order valence-electron chi connectivity index (χ0n) is 16.7.